The first-order chi connectivity index (χ1) is 8.62. The zero-order chi connectivity index (χ0) is 13.5. The number of aliphatic hydroxyl groups excluding tert-OH is 1. The molecule has 0 saturated carbocycles. The minimum absolute atomic E-state index is 0.336. The average molecular weight is 255 g/mol. The summed E-state index contributed by atoms with van der Waals surface area (Å²) in [4.78, 5) is 2.20. The van der Waals surface area contributed by atoms with Crippen LogP contribution in [0.4, 0.5) is 4.39 Å². The van der Waals surface area contributed by atoms with Gasteiger partial charge < -0.3 is 14.7 Å². The van der Waals surface area contributed by atoms with Gasteiger partial charge in [0.05, 0.1) is 13.2 Å². The molecule has 0 fully saturated rings. The number of rotatable bonds is 7. The van der Waals surface area contributed by atoms with Crippen LogP contribution in [0.5, 0.6) is 5.75 Å². The van der Waals surface area contributed by atoms with Crippen molar-refractivity contribution in [3.05, 3.63) is 29.6 Å². The number of hydrogen-bond donors (Lipinski definition) is 1. The van der Waals surface area contributed by atoms with E-state index in [1.165, 1.54) is 13.2 Å². The molecule has 0 amide bonds. The van der Waals surface area contributed by atoms with Gasteiger partial charge in [0.25, 0.3) is 0 Å². The van der Waals surface area contributed by atoms with Gasteiger partial charge in [-0.15, -0.1) is 0 Å². The van der Waals surface area contributed by atoms with E-state index in [-0.39, 0.29) is 0 Å². The molecule has 1 rings (SSSR count). The van der Waals surface area contributed by atoms with Gasteiger partial charge in [0, 0.05) is 18.2 Å². The van der Waals surface area contributed by atoms with Crippen molar-refractivity contribution in [2.75, 3.05) is 26.7 Å². The maximum atomic E-state index is 13.7. The third-order valence-electron chi connectivity index (χ3n) is 3.18. The number of hydrogen-bond acceptors (Lipinski definition) is 3. The Kier molecular flexibility index (Phi) is 6.09. The lowest BCUT2D eigenvalue weighted by molar-refractivity contribution is 0.141. The van der Waals surface area contributed by atoms with Gasteiger partial charge in [-0.2, -0.15) is 0 Å². The Balaban J connectivity index is 2.63. The molecule has 0 aliphatic carbocycles. The SMILES string of the molecule is CCN(CC)CCC(O)c1ccc(OC)cc1F. The summed E-state index contributed by atoms with van der Waals surface area (Å²) in [5.74, 6) is 0.0496. The van der Waals surface area contributed by atoms with E-state index in [2.05, 4.69) is 18.7 Å². The topological polar surface area (TPSA) is 32.7 Å². The molecule has 0 bridgehead atoms. The Labute approximate surface area is 108 Å². The van der Waals surface area contributed by atoms with Crippen LogP contribution in [-0.2, 0) is 0 Å². The highest BCUT2D eigenvalue weighted by Crippen LogP contribution is 2.24. The highest BCUT2D eigenvalue weighted by Gasteiger charge is 2.14. The van der Waals surface area contributed by atoms with E-state index in [1.807, 2.05) is 0 Å². The number of nitrogens with zero attached hydrogens (tertiary/aromatic N) is 1. The average Bonchev–Trinajstić information content (AvgIpc) is 2.39. The number of aliphatic hydroxyl groups is 1. The third kappa shape index (κ3) is 3.96. The highest BCUT2D eigenvalue weighted by atomic mass is 19.1. The van der Waals surface area contributed by atoms with E-state index in [1.54, 1.807) is 12.1 Å². The largest absolute Gasteiger partial charge is 0.497 e. The van der Waals surface area contributed by atoms with Crippen molar-refractivity contribution in [2.45, 2.75) is 26.4 Å². The second-order valence-corrected chi connectivity index (χ2v) is 4.22. The van der Waals surface area contributed by atoms with E-state index < -0.39 is 11.9 Å². The first kappa shape index (κ1) is 14.9. The van der Waals surface area contributed by atoms with E-state index >= 15 is 0 Å². The monoisotopic (exact) mass is 255 g/mol. The Bertz CT molecular complexity index is 367. The van der Waals surface area contributed by atoms with Crippen molar-refractivity contribution in [1.29, 1.82) is 0 Å². The predicted octanol–water partition coefficient (Wildman–Crippen LogP) is 2.60. The fraction of sp³-hybridized carbons (Fsp3) is 0.571. The Hall–Kier alpha value is -1.13. The van der Waals surface area contributed by atoms with Crippen LogP contribution in [0.15, 0.2) is 18.2 Å². The third-order valence-corrected chi connectivity index (χ3v) is 3.18. The minimum Gasteiger partial charge on any atom is -0.497 e. The molecule has 1 unspecified atom stereocenters. The molecule has 102 valence electrons. The molecule has 0 radical (unpaired) electrons. The molecule has 1 aromatic carbocycles. The molecule has 0 saturated heterocycles. The molecule has 0 aliphatic rings. The van der Waals surface area contributed by atoms with Gasteiger partial charge in [0.15, 0.2) is 0 Å². The summed E-state index contributed by atoms with van der Waals surface area (Å²) in [6.07, 6.45) is -0.234. The molecule has 4 heteroatoms. The molecule has 3 nitrogen and oxygen atoms in total. The highest BCUT2D eigenvalue weighted by molar-refractivity contribution is 5.30. The minimum atomic E-state index is -0.767. The predicted molar refractivity (Wildman–Crippen MR) is 70.3 cm³/mol. The number of methoxy groups -OCH3 is 1. The second-order valence-electron chi connectivity index (χ2n) is 4.22. The van der Waals surface area contributed by atoms with Gasteiger partial charge in [-0.05, 0) is 31.6 Å². The lowest BCUT2D eigenvalue weighted by atomic mass is 10.1. The zero-order valence-corrected chi connectivity index (χ0v) is 11.3. The lowest BCUT2D eigenvalue weighted by Crippen LogP contribution is -2.25. The first-order valence-corrected chi connectivity index (χ1v) is 6.36. The van der Waals surface area contributed by atoms with Gasteiger partial charge in [-0.3, -0.25) is 0 Å². The summed E-state index contributed by atoms with van der Waals surface area (Å²) >= 11 is 0. The molecule has 1 N–H and O–H groups in total. The van der Waals surface area contributed by atoms with Crippen molar-refractivity contribution in [1.82, 2.24) is 4.90 Å². The van der Waals surface area contributed by atoms with Gasteiger partial charge >= 0.3 is 0 Å². The second kappa shape index (κ2) is 7.34. The Morgan fingerprint density at radius 3 is 2.50 bits per heavy atom. The maximum Gasteiger partial charge on any atom is 0.132 e. The van der Waals surface area contributed by atoms with Crippen LogP contribution in [0.25, 0.3) is 0 Å². The van der Waals surface area contributed by atoms with Crippen LogP contribution in [0, 0.1) is 5.82 Å². The fourth-order valence-electron chi connectivity index (χ4n) is 1.91. The summed E-state index contributed by atoms with van der Waals surface area (Å²) in [7, 11) is 1.49. The quantitative estimate of drug-likeness (QED) is 0.813. The van der Waals surface area contributed by atoms with Crippen LogP contribution in [0.3, 0.4) is 0 Å². The molecule has 0 aromatic heterocycles. The fourth-order valence-corrected chi connectivity index (χ4v) is 1.91. The van der Waals surface area contributed by atoms with Crippen LogP contribution < -0.4 is 4.74 Å². The van der Waals surface area contributed by atoms with Crippen molar-refractivity contribution < 1.29 is 14.2 Å². The molecule has 0 aliphatic heterocycles. The molecular weight excluding hydrogens is 233 g/mol. The van der Waals surface area contributed by atoms with Gasteiger partial charge in [0.1, 0.15) is 11.6 Å². The van der Waals surface area contributed by atoms with Crippen molar-refractivity contribution in [3.63, 3.8) is 0 Å². The molecule has 18 heavy (non-hydrogen) atoms. The zero-order valence-electron chi connectivity index (χ0n) is 11.3. The van der Waals surface area contributed by atoms with Crippen LogP contribution in [-0.4, -0.2) is 36.8 Å². The van der Waals surface area contributed by atoms with E-state index in [9.17, 15) is 9.50 Å². The first-order valence-electron chi connectivity index (χ1n) is 6.36. The molecule has 1 aromatic rings. The standard InChI is InChI=1S/C14H22FNO2/c1-4-16(5-2)9-8-14(17)12-7-6-11(18-3)10-13(12)15/h6-7,10,14,17H,4-5,8-9H2,1-3H3. The normalized spacial score (nSPS) is 12.8. The van der Waals surface area contributed by atoms with Crippen molar-refractivity contribution in [3.8, 4) is 5.75 Å². The van der Waals surface area contributed by atoms with Gasteiger partial charge in [-0.1, -0.05) is 13.8 Å². The van der Waals surface area contributed by atoms with E-state index in [0.29, 0.717) is 17.7 Å². The molecular formula is C14H22FNO2. The maximum absolute atomic E-state index is 13.7. The summed E-state index contributed by atoms with van der Waals surface area (Å²) in [6.45, 7) is 6.79. The number of ether oxygens (including phenoxy) is 1. The van der Waals surface area contributed by atoms with Gasteiger partial charge in [0.2, 0.25) is 0 Å². The lowest BCUT2D eigenvalue weighted by Gasteiger charge is -2.20. The van der Waals surface area contributed by atoms with Crippen LogP contribution in [0.1, 0.15) is 31.9 Å². The van der Waals surface area contributed by atoms with Crippen LogP contribution in [0.2, 0.25) is 0 Å². The summed E-state index contributed by atoms with van der Waals surface area (Å²) in [5.41, 5.74) is 0.336. The van der Waals surface area contributed by atoms with Crippen LogP contribution >= 0.6 is 0 Å². The van der Waals surface area contributed by atoms with E-state index in [0.717, 1.165) is 19.6 Å². The van der Waals surface area contributed by atoms with E-state index in [4.69, 9.17) is 4.74 Å². The summed E-state index contributed by atoms with van der Waals surface area (Å²) in [5, 5.41) is 10.00. The number of benzene rings is 1. The Morgan fingerprint density at radius 2 is 2.00 bits per heavy atom. The molecule has 1 atom stereocenters. The summed E-state index contributed by atoms with van der Waals surface area (Å²) in [6, 6.07) is 4.55. The Morgan fingerprint density at radius 1 is 1.33 bits per heavy atom. The van der Waals surface area contributed by atoms with Gasteiger partial charge in [-0.25, -0.2) is 4.39 Å². The number of halogens is 1. The van der Waals surface area contributed by atoms with Crippen molar-refractivity contribution in [2.24, 2.45) is 0 Å². The molecule has 0 heterocycles. The summed E-state index contributed by atoms with van der Waals surface area (Å²) < 4.78 is 18.7. The van der Waals surface area contributed by atoms with Crippen molar-refractivity contribution >= 4 is 0 Å². The smallest absolute Gasteiger partial charge is 0.132 e. The molecule has 0 spiro atoms.